The van der Waals surface area contributed by atoms with Crippen molar-refractivity contribution in [2.75, 3.05) is 13.1 Å². The van der Waals surface area contributed by atoms with E-state index >= 15 is 0 Å². The van der Waals surface area contributed by atoms with Crippen LogP contribution in [0.15, 0.2) is 48.5 Å². The lowest BCUT2D eigenvalue weighted by molar-refractivity contribution is -0.158. The van der Waals surface area contributed by atoms with Crippen LogP contribution in [-0.4, -0.2) is 34.2 Å². The third-order valence-corrected chi connectivity index (χ3v) is 4.42. The van der Waals surface area contributed by atoms with Gasteiger partial charge in [0, 0.05) is 27.1 Å². The van der Waals surface area contributed by atoms with Crippen molar-refractivity contribution in [1.29, 1.82) is 0 Å². The number of alkyl halides is 2. The van der Waals surface area contributed by atoms with Gasteiger partial charge in [-0.15, -0.1) is 0 Å². The normalized spacial score (nSPS) is 14.6. The van der Waals surface area contributed by atoms with E-state index in [-0.39, 0.29) is 24.6 Å². The first kappa shape index (κ1) is 17.1. The van der Waals surface area contributed by atoms with Crippen molar-refractivity contribution in [1.82, 2.24) is 9.47 Å². The zero-order chi connectivity index (χ0) is 18.2. The van der Waals surface area contributed by atoms with Crippen LogP contribution < -0.4 is 0 Å². The Labute approximate surface area is 144 Å². The minimum absolute atomic E-state index is 0.141. The van der Waals surface area contributed by atoms with Crippen LogP contribution in [0, 0.1) is 0 Å². The number of carbonyl (C=O) groups excluding carboxylic acids is 2. The maximum absolute atomic E-state index is 14.7. The van der Waals surface area contributed by atoms with E-state index in [9.17, 15) is 18.4 Å². The molecule has 2 aromatic rings. The highest BCUT2D eigenvalue weighted by molar-refractivity contribution is 5.93. The minimum Gasteiger partial charge on any atom is -0.340 e. The van der Waals surface area contributed by atoms with Crippen molar-refractivity contribution < 1.29 is 18.4 Å². The van der Waals surface area contributed by atoms with Gasteiger partial charge in [0.05, 0.1) is 11.4 Å². The summed E-state index contributed by atoms with van der Waals surface area (Å²) in [7, 11) is 1.37. The molecule has 0 unspecified atom stereocenters. The second kappa shape index (κ2) is 6.27. The van der Waals surface area contributed by atoms with Gasteiger partial charge in [0.2, 0.25) is 0 Å². The van der Waals surface area contributed by atoms with Gasteiger partial charge in [0.15, 0.2) is 5.78 Å². The number of Topliss-reactive ketones (excluding diaryl/α,β-unsaturated/α-hetero) is 1. The molecular formula is C19H18F2N2O2. The molecule has 1 amide bonds. The quantitative estimate of drug-likeness (QED) is 0.799. The van der Waals surface area contributed by atoms with Gasteiger partial charge in [0.1, 0.15) is 0 Å². The number of carbonyl (C=O) groups is 2. The number of amides is 1. The van der Waals surface area contributed by atoms with E-state index in [0.29, 0.717) is 0 Å². The topological polar surface area (TPSA) is 42.3 Å². The SMILES string of the molecule is CC(=O)c1ccc(C(F)(F)C(=O)N2CC=C(c3ccccc3)C2)n1C. The zero-order valence-corrected chi connectivity index (χ0v) is 14.0. The predicted octanol–water partition coefficient (Wildman–Crippen LogP) is 3.25. The lowest BCUT2D eigenvalue weighted by Gasteiger charge is -2.24. The van der Waals surface area contributed by atoms with Crippen molar-refractivity contribution in [3.63, 3.8) is 0 Å². The van der Waals surface area contributed by atoms with Crippen LogP contribution in [0.3, 0.4) is 0 Å². The van der Waals surface area contributed by atoms with Gasteiger partial charge in [-0.1, -0.05) is 36.4 Å². The first-order valence-electron chi connectivity index (χ1n) is 7.91. The molecule has 0 N–H and O–H groups in total. The van der Waals surface area contributed by atoms with Crippen LogP contribution >= 0.6 is 0 Å². The van der Waals surface area contributed by atoms with Crippen molar-refractivity contribution in [3.8, 4) is 0 Å². The first-order chi connectivity index (χ1) is 11.8. The first-order valence-corrected chi connectivity index (χ1v) is 7.91. The molecule has 1 aromatic carbocycles. The Morgan fingerprint density at radius 2 is 1.76 bits per heavy atom. The predicted molar refractivity (Wildman–Crippen MR) is 90.3 cm³/mol. The molecular weight excluding hydrogens is 326 g/mol. The van der Waals surface area contributed by atoms with E-state index in [1.54, 1.807) is 6.08 Å². The number of rotatable bonds is 4. The summed E-state index contributed by atoms with van der Waals surface area (Å²) < 4.78 is 30.5. The standard InChI is InChI=1S/C19H18F2N2O2/c1-13(24)16-8-9-17(22(16)2)19(20,21)18(25)23-11-10-15(12-23)14-6-4-3-5-7-14/h3-10H,11-12H2,1-2H3. The Kier molecular flexibility index (Phi) is 4.29. The summed E-state index contributed by atoms with van der Waals surface area (Å²) in [5.74, 6) is -5.28. The summed E-state index contributed by atoms with van der Waals surface area (Å²) in [6, 6.07) is 11.8. The zero-order valence-electron chi connectivity index (χ0n) is 14.0. The molecule has 0 atom stereocenters. The van der Waals surface area contributed by atoms with Crippen molar-refractivity contribution in [2.45, 2.75) is 12.8 Å². The van der Waals surface area contributed by atoms with Crippen molar-refractivity contribution in [2.24, 2.45) is 7.05 Å². The molecule has 0 aliphatic carbocycles. The fourth-order valence-corrected chi connectivity index (χ4v) is 3.06. The molecule has 0 radical (unpaired) electrons. The summed E-state index contributed by atoms with van der Waals surface area (Å²) in [5, 5.41) is 0. The van der Waals surface area contributed by atoms with Crippen molar-refractivity contribution in [3.05, 3.63) is 65.5 Å². The molecule has 6 heteroatoms. The maximum atomic E-state index is 14.7. The number of benzene rings is 1. The van der Waals surface area contributed by atoms with Gasteiger partial charge >= 0.3 is 5.92 Å². The molecule has 1 aromatic heterocycles. The van der Waals surface area contributed by atoms with E-state index < -0.39 is 17.5 Å². The molecule has 1 aliphatic rings. The summed E-state index contributed by atoms with van der Waals surface area (Å²) in [6.45, 7) is 1.58. The van der Waals surface area contributed by atoms with Crippen LogP contribution in [0.5, 0.6) is 0 Å². The van der Waals surface area contributed by atoms with Crippen LogP contribution in [0.2, 0.25) is 0 Å². The number of nitrogens with zero attached hydrogens (tertiary/aromatic N) is 2. The second-order valence-corrected chi connectivity index (χ2v) is 6.07. The molecule has 25 heavy (non-hydrogen) atoms. The lowest BCUT2D eigenvalue weighted by Crippen LogP contribution is -2.41. The average molecular weight is 344 g/mol. The molecule has 130 valence electrons. The Morgan fingerprint density at radius 1 is 1.08 bits per heavy atom. The third-order valence-electron chi connectivity index (χ3n) is 4.42. The molecule has 0 fully saturated rings. The number of hydrogen-bond acceptors (Lipinski definition) is 2. The van der Waals surface area contributed by atoms with Gasteiger partial charge in [-0.3, -0.25) is 9.59 Å². The minimum atomic E-state index is -3.69. The van der Waals surface area contributed by atoms with Crippen LogP contribution in [0.1, 0.15) is 28.7 Å². The fourth-order valence-electron chi connectivity index (χ4n) is 3.06. The highest BCUT2D eigenvalue weighted by atomic mass is 19.3. The molecule has 3 rings (SSSR count). The molecule has 0 saturated carbocycles. The van der Waals surface area contributed by atoms with Gasteiger partial charge in [0.25, 0.3) is 5.91 Å². The van der Waals surface area contributed by atoms with Crippen LogP contribution in [0.25, 0.3) is 5.57 Å². The highest BCUT2D eigenvalue weighted by Crippen LogP contribution is 2.33. The van der Waals surface area contributed by atoms with E-state index in [1.807, 2.05) is 30.3 Å². The van der Waals surface area contributed by atoms with Gasteiger partial charge in [-0.2, -0.15) is 8.78 Å². The average Bonchev–Trinajstić information content (AvgIpc) is 3.22. The third kappa shape index (κ3) is 2.99. The highest BCUT2D eigenvalue weighted by Gasteiger charge is 2.47. The lowest BCUT2D eigenvalue weighted by atomic mass is 10.1. The number of ketones is 1. The van der Waals surface area contributed by atoms with E-state index in [1.165, 1.54) is 20.0 Å². The monoisotopic (exact) mass is 344 g/mol. The molecule has 0 bridgehead atoms. The second-order valence-electron chi connectivity index (χ2n) is 6.07. The summed E-state index contributed by atoms with van der Waals surface area (Å²) in [4.78, 5) is 25.0. The fraction of sp³-hybridized carbons (Fsp3) is 0.263. The number of halogens is 2. The van der Waals surface area contributed by atoms with Crippen molar-refractivity contribution >= 4 is 17.3 Å². The molecule has 0 spiro atoms. The van der Waals surface area contributed by atoms with E-state index in [4.69, 9.17) is 0 Å². The summed E-state index contributed by atoms with van der Waals surface area (Å²) in [5.41, 5.74) is 1.43. The maximum Gasteiger partial charge on any atom is 0.364 e. The Bertz CT molecular complexity index is 854. The Hall–Kier alpha value is -2.76. The molecule has 2 heterocycles. The van der Waals surface area contributed by atoms with E-state index in [0.717, 1.165) is 26.7 Å². The van der Waals surface area contributed by atoms with Gasteiger partial charge < -0.3 is 9.47 Å². The Balaban J connectivity index is 1.80. The number of aromatic nitrogens is 1. The molecule has 4 nitrogen and oxygen atoms in total. The van der Waals surface area contributed by atoms with Gasteiger partial charge in [-0.05, 0) is 23.3 Å². The van der Waals surface area contributed by atoms with Gasteiger partial charge in [-0.25, -0.2) is 0 Å². The van der Waals surface area contributed by atoms with Crippen LogP contribution in [-0.2, 0) is 17.8 Å². The smallest absolute Gasteiger partial charge is 0.340 e. The largest absolute Gasteiger partial charge is 0.364 e. The van der Waals surface area contributed by atoms with Crippen LogP contribution in [0.4, 0.5) is 8.78 Å². The summed E-state index contributed by atoms with van der Waals surface area (Å²) >= 11 is 0. The molecule has 1 aliphatic heterocycles. The Morgan fingerprint density at radius 3 is 2.36 bits per heavy atom. The number of hydrogen-bond donors (Lipinski definition) is 0. The van der Waals surface area contributed by atoms with E-state index in [2.05, 4.69) is 0 Å². The summed E-state index contributed by atoms with van der Waals surface area (Å²) in [6.07, 6.45) is 1.79. The molecule has 0 saturated heterocycles.